The van der Waals surface area contributed by atoms with Crippen molar-refractivity contribution in [2.45, 2.75) is 71.3 Å². The molecule has 2 aromatic rings. The standard InChI is InChI=1S/C21H29N3O2/c1-14(2)16-6-8-17(9-7-16)21-23-20(26-24-21)13-12-19(25)22-18-10-4-15(3)5-11-18/h6-9,14-15,18H,4-5,10-13H2,1-3H3,(H,22,25). The summed E-state index contributed by atoms with van der Waals surface area (Å²) in [4.78, 5) is 16.6. The van der Waals surface area contributed by atoms with Crippen LogP contribution >= 0.6 is 0 Å². The highest BCUT2D eigenvalue weighted by Gasteiger charge is 2.20. The van der Waals surface area contributed by atoms with Gasteiger partial charge in [0.2, 0.25) is 17.6 Å². The maximum absolute atomic E-state index is 12.1. The number of aromatic nitrogens is 2. The van der Waals surface area contributed by atoms with Gasteiger partial charge in [0.15, 0.2) is 0 Å². The summed E-state index contributed by atoms with van der Waals surface area (Å²) >= 11 is 0. The van der Waals surface area contributed by atoms with Gasteiger partial charge in [-0.2, -0.15) is 4.98 Å². The Morgan fingerprint density at radius 3 is 2.54 bits per heavy atom. The van der Waals surface area contributed by atoms with E-state index in [1.165, 1.54) is 18.4 Å². The molecule has 1 fully saturated rings. The van der Waals surface area contributed by atoms with E-state index in [2.05, 4.69) is 48.4 Å². The van der Waals surface area contributed by atoms with E-state index in [1.807, 2.05) is 12.1 Å². The summed E-state index contributed by atoms with van der Waals surface area (Å²) in [6.07, 6.45) is 5.45. The average molecular weight is 355 g/mol. The van der Waals surface area contributed by atoms with Crippen LogP contribution in [0.2, 0.25) is 0 Å². The summed E-state index contributed by atoms with van der Waals surface area (Å²) in [5, 5.41) is 7.18. The zero-order valence-electron chi connectivity index (χ0n) is 16.0. The number of rotatable bonds is 6. The van der Waals surface area contributed by atoms with Crippen molar-refractivity contribution in [1.29, 1.82) is 0 Å². The number of nitrogens with one attached hydrogen (secondary N) is 1. The van der Waals surface area contributed by atoms with E-state index in [9.17, 15) is 4.79 Å². The first-order chi connectivity index (χ1) is 12.5. The molecule has 1 heterocycles. The molecule has 1 aromatic heterocycles. The average Bonchev–Trinajstić information content (AvgIpc) is 3.11. The largest absolute Gasteiger partial charge is 0.353 e. The van der Waals surface area contributed by atoms with Gasteiger partial charge in [0.1, 0.15) is 0 Å². The molecule has 26 heavy (non-hydrogen) atoms. The predicted molar refractivity (Wildman–Crippen MR) is 102 cm³/mol. The molecule has 3 rings (SSSR count). The van der Waals surface area contributed by atoms with E-state index in [4.69, 9.17) is 4.52 Å². The summed E-state index contributed by atoms with van der Waals surface area (Å²) in [6, 6.07) is 8.54. The third kappa shape index (κ3) is 4.93. The van der Waals surface area contributed by atoms with Gasteiger partial charge in [-0.05, 0) is 43.1 Å². The van der Waals surface area contributed by atoms with Gasteiger partial charge in [-0.1, -0.05) is 50.2 Å². The number of benzene rings is 1. The van der Waals surface area contributed by atoms with Crippen LogP contribution in [0.4, 0.5) is 0 Å². The summed E-state index contributed by atoms with van der Waals surface area (Å²) < 4.78 is 5.31. The van der Waals surface area contributed by atoms with Crippen LogP contribution in [-0.4, -0.2) is 22.1 Å². The number of carbonyl (C=O) groups excluding carboxylic acids is 1. The molecule has 0 bridgehead atoms. The third-order valence-electron chi connectivity index (χ3n) is 5.25. The molecule has 1 aliphatic rings. The van der Waals surface area contributed by atoms with E-state index in [0.717, 1.165) is 24.3 Å². The van der Waals surface area contributed by atoms with E-state index >= 15 is 0 Å². The number of aryl methyl sites for hydroxylation is 1. The Kier molecular flexibility index (Phi) is 6.07. The molecular formula is C21H29N3O2. The molecule has 140 valence electrons. The molecule has 1 N–H and O–H groups in total. The molecule has 0 spiro atoms. The zero-order chi connectivity index (χ0) is 18.5. The molecule has 0 saturated heterocycles. The number of carbonyl (C=O) groups is 1. The van der Waals surface area contributed by atoms with Gasteiger partial charge in [-0.3, -0.25) is 4.79 Å². The fraction of sp³-hybridized carbons (Fsp3) is 0.571. The molecule has 1 aromatic carbocycles. The lowest BCUT2D eigenvalue weighted by Crippen LogP contribution is -2.37. The Morgan fingerprint density at radius 2 is 1.88 bits per heavy atom. The van der Waals surface area contributed by atoms with Crippen molar-refractivity contribution >= 4 is 5.91 Å². The molecule has 1 amide bonds. The van der Waals surface area contributed by atoms with Crippen LogP contribution in [0.1, 0.15) is 70.2 Å². The normalized spacial score (nSPS) is 20.3. The van der Waals surface area contributed by atoms with Gasteiger partial charge < -0.3 is 9.84 Å². The molecule has 0 atom stereocenters. The minimum Gasteiger partial charge on any atom is -0.353 e. The van der Waals surface area contributed by atoms with Crippen LogP contribution in [0, 0.1) is 5.92 Å². The number of hydrogen-bond donors (Lipinski definition) is 1. The van der Waals surface area contributed by atoms with Crippen molar-refractivity contribution in [3.8, 4) is 11.4 Å². The highest BCUT2D eigenvalue weighted by molar-refractivity contribution is 5.76. The van der Waals surface area contributed by atoms with Gasteiger partial charge in [0.05, 0.1) is 0 Å². The molecule has 0 aliphatic heterocycles. The topological polar surface area (TPSA) is 68.0 Å². The molecule has 5 nitrogen and oxygen atoms in total. The van der Waals surface area contributed by atoms with Gasteiger partial charge in [-0.15, -0.1) is 0 Å². The minimum atomic E-state index is 0.0746. The first-order valence-electron chi connectivity index (χ1n) is 9.73. The highest BCUT2D eigenvalue weighted by atomic mass is 16.5. The predicted octanol–water partition coefficient (Wildman–Crippen LogP) is 4.49. The summed E-state index contributed by atoms with van der Waals surface area (Å²) in [5.74, 6) is 2.45. The van der Waals surface area contributed by atoms with Crippen molar-refractivity contribution in [2.75, 3.05) is 0 Å². The quantitative estimate of drug-likeness (QED) is 0.829. The summed E-state index contributed by atoms with van der Waals surface area (Å²) in [5.41, 5.74) is 2.22. The SMILES string of the molecule is CC1CCC(NC(=O)CCc2nc(-c3ccc(C(C)C)cc3)no2)CC1. The molecular weight excluding hydrogens is 326 g/mol. The van der Waals surface area contributed by atoms with E-state index in [0.29, 0.717) is 36.5 Å². The lowest BCUT2D eigenvalue weighted by molar-refractivity contribution is -0.122. The molecule has 1 saturated carbocycles. The summed E-state index contributed by atoms with van der Waals surface area (Å²) in [7, 11) is 0. The maximum Gasteiger partial charge on any atom is 0.227 e. The van der Waals surface area contributed by atoms with Crippen molar-refractivity contribution < 1.29 is 9.32 Å². The molecule has 0 unspecified atom stereocenters. The fourth-order valence-electron chi connectivity index (χ4n) is 3.42. The Bertz CT molecular complexity index is 713. The fourth-order valence-corrected chi connectivity index (χ4v) is 3.42. The number of nitrogens with zero attached hydrogens (tertiary/aromatic N) is 2. The van der Waals surface area contributed by atoms with Crippen molar-refractivity contribution in [2.24, 2.45) is 5.92 Å². The molecule has 5 heteroatoms. The second-order valence-corrected chi connectivity index (χ2v) is 7.81. The van der Waals surface area contributed by atoms with Gasteiger partial charge in [0, 0.05) is 24.4 Å². The second kappa shape index (κ2) is 8.47. The Hall–Kier alpha value is -2.17. The van der Waals surface area contributed by atoms with Crippen molar-refractivity contribution in [3.05, 3.63) is 35.7 Å². The van der Waals surface area contributed by atoms with E-state index in [-0.39, 0.29) is 5.91 Å². The van der Waals surface area contributed by atoms with Crippen LogP contribution in [0.25, 0.3) is 11.4 Å². The Morgan fingerprint density at radius 1 is 1.19 bits per heavy atom. The molecule has 1 aliphatic carbocycles. The van der Waals surface area contributed by atoms with Gasteiger partial charge in [0.25, 0.3) is 0 Å². The Balaban J connectivity index is 1.49. The Labute approximate surface area is 155 Å². The van der Waals surface area contributed by atoms with Crippen LogP contribution in [0.3, 0.4) is 0 Å². The van der Waals surface area contributed by atoms with Crippen molar-refractivity contribution in [1.82, 2.24) is 15.5 Å². The lowest BCUT2D eigenvalue weighted by atomic mass is 9.87. The summed E-state index contributed by atoms with van der Waals surface area (Å²) in [6.45, 7) is 6.61. The monoisotopic (exact) mass is 355 g/mol. The zero-order valence-corrected chi connectivity index (χ0v) is 16.0. The van der Waals surface area contributed by atoms with Crippen LogP contribution in [0.5, 0.6) is 0 Å². The third-order valence-corrected chi connectivity index (χ3v) is 5.25. The van der Waals surface area contributed by atoms with Crippen LogP contribution in [0.15, 0.2) is 28.8 Å². The second-order valence-electron chi connectivity index (χ2n) is 7.81. The van der Waals surface area contributed by atoms with E-state index in [1.54, 1.807) is 0 Å². The first-order valence-corrected chi connectivity index (χ1v) is 9.73. The van der Waals surface area contributed by atoms with E-state index < -0.39 is 0 Å². The van der Waals surface area contributed by atoms with Gasteiger partial charge >= 0.3 is 0 Å². The first kappa shape index (κ1) is 18.6. The van der Waals surface area contributed by atoms with Crippen LogP contribution < -0.4 is 5.32 Å². The van der Waals surface area contributed by atoms with Crippen molar-refractivity contribution in [3.63, 3.8) is 0 Å². The number of hydrogen-bond acceptors (Lipinski definition) is 4. The lowest BCUT2D eigenvalue weighted by Gasteiger charge is -2.26. The smallest absolute Gasteiger partial charge is 0.227 e. The molecule has 0 radical (unpaired) electrons. The minimum absolute atomic E-state index is 0.0746. The van der Waals surface area contributed by atoms with Crippen LogP contribution in [-0.2, 0) is 11.2 Å². The highest BCUT2D eigenvalue weighted by Crippen LogP contribution is 2.24. The number of amides is 1. The maximum atomic E-state index is 12.1. The van der Waals surface area contributed by atoms with Gasteiger partial charge in [-0.25, -0.2) is 0 Å².